The minimum absolute atomic E-state index is 0.0653. The van der Waals surface area contributed by atoms with E-state index >= 15 is 0 Å². The molecule has 0 nitrogen and oxygen atoms in total. The van der Waals surface area contributed by atoms with Crippen LogP contribution < -0.4 is 0 Å². The molecule has 0 radical (unpaired) electrons. The molecule has 0 aromatic heterocycles. The van der Waals surface area contributed by atoms with Crippen LogP contribution in [0, 0.1) is 35.0 Å². The molecule has 0 saturated heterocycles. The van der Waals surface area contributed by atoms with E-state index in [0.29, 0.717) is 23.6 Å². The summed E-state index contributed by atoms with van der Waals surface area (Å²) in [5, 5.41) is 0. The Bertz CT molecular complexity index is 1100. The third-order valence-corrected chi connectivity index (χ3v) is 7.13. The second kappa shape index (κ2) is 10.7. The summed E-state index contributed by atoms with van der Waals surface area (Å²) in [6.45, 7) is 2.23. The van der Waals surface area contributed by atoms with Gasteiger partial charge in [-0.1, -0.05) is 69.0 Å². The molecule has 0 spiro atoms. The number of hydrogen-bond donors (Lipinski definition) is 0. The highest BCUT2D eigenvalue weighted by molar-refractivity contribution is 5.72. The zero-order valence-corrected chi connectivity index (χ0v) is 19.3. The first-order valence-electron chi connectivity index (χ1n) is 12.1. The SMILES string of the molecule is CCCCCC1CCC(c2ccc(-c3ccc(-c4cc(F)c(F)c(F)c4)c(F)c3F)cc2)CC1. The molecule has 3 aromatic rings. The summed E-state index contributed by atoms with van der Waals surface area (Å²) >= 11 is 0. The molecule has 0 bridgehead atoms. The Kier molecular flexibility index (Phi) is 7.70. The zero-order valence-electron chi connectivity index (χ0n) is 19.3. The van der Waals surface area contributed by atoms with Crippen molar-refractivity contribution in [2.45, 2.75) is 64.2 Å². The molecule has 3 aromatic carbocycles. The fraction of sp³-hybridized carbons (Fsp3) is 0.379. The zero-order chi connectivity index (χ0) is 24.2. The Morgan fingerprint density at radius 3 is 1.76 bits per heavy atom. The van der Waals surface area contributed by atoms with Crippen LogP contribution in [0.15, 0.2) is 48.5 Å². The second-order valence-electron chi connectivity index (χ2n) is 9.38. The van der Waals surface area contributed by atoms with Gasteiger partial charge in [-0.15, -0.1) is 0 Å². The van der Waals surface area contributed by atoms with Gasteiger partial charge in [0, 0.05) is 11.1 Å². The van der Waals surface area contributed by atoms with Gasteiger partial charge in [-0.25, -0.2) is 22.0 Å². The maximum atomic E-state index is 14.9. The lowest BCUT2D eigenvalue weighted by Crippen LogP contribution is -2.13. The molecule has 4 rings (SSSR count). The Balaban J connectivity index is 1.49. The molecule has 1 fully saturated rings. The normalized spacial score (nSPS) is 18.3. The second-order valence-corrected chi connectivity index (χ2v) is 9.38. The van der Waals surface area contributed by atoms with E-state index < -0.39 is 29.1 Å². The van der Waals surface area contributed by atoms with E-state index in [9.17, 15) is 22.0 Å². The van der Waals surface area contributed by atoms with Gasteiger partial charge < -0.3 is 0 Å². The number of halogens is 5. The van der Waals surface area contributed by atoms with Crippen LogP contribution >= 0.6 is 0 Å². The van der Waals surface area contributed by atoms with Gasteiger partial charge in [-0.2, -0.15) is 0 Å². The average Bonchev–Trinajstić information content (AvgIpc) is 2.85. The summed E-state index contributed by atoms with van der Waals surface area (Å²) in [6.07, 6.45) is 9.96. The van der Waals surface area contributed by atoms with Gasteiger partial charge in [0.05, 0.1) is 0 Å². The van der Waals surface area contributed by atoms with E-state index in [4.69, 9.17) is 0 Å². The monoisotopic (exact) mass is 472 g/mol. The van der Waals surface area contributed by atoms with Gasteiger partial charge in [0.2, 0.25) is 0 Å². The van der Waals surface area contributed by atoms with Crippen molar-refractivity contribution >= 4 is 0 Å². The van der Waals surface area contributed by atoms with E-state index in [0.717, 1.165) is 18.8 Å². The Morgan fingerprint density at radius 1 is 0.647 bits per heavy atom. The van der Waals surface area contributed by atoms with Crippen LogP contribution in [0.2, 0.25) is 0 Å². The summed E-state index contributed by atoms with van der Waals surface area (Å²) < 4.78 is 70.0. The van der Waals surface area contributed by atoms with Gasteiger partial charge in [0.1, 0.15) is 0 Å². The summed E-state index contributed by atoms with van der Waals surface area (Å²) in [5.74, 6) is -5.58. The van der Waals surface area contributed by atoms with E-state index in [-0.39, 0.29) is 16.7 Å². The minimum Gasteiger partial charge on any atom is -0.204 e. The average molecular weight is 473 g/mol. The van der Waals surface area contributed by atoms with E-state index in [1.165, 1.54) is 56.2 Å². The first-order chi connectivity index (χ1) is 16.4. The number of rotatable bonds is 7. The molecule has 0 amide bonds. The van der Waals surface area contributed by atoms with E-state index in [1.54, 1.807) is 12.1 Å². The molecule has 0 atom stereocenters. The summed E-state index contributed by atoms with van der Waals surface area (Å²) in [7, 11) is 0. The van der Waals surface area contributed by atoms with Crippen molar-refractivity contribution in [3.63, 3.8) is 0 Å². The topological polar surface area (TPSA) is 0 Å². The third kappa shape index (κ3) is 5.18. The van der Waals surface area contributed by atoms with Crippen LogP contribution in [0.1, 0.15) is 69.8 Å². The molecule has 1 aliphatic carbocycles. The highest BCUT2D eigenvalue weighted by Crippen LogP contribution is 2.39. The standard InChI is InChI=1S/C29H29F5/c1-2-3-4-5-18-6-8-19(9-7-18)20-10-12-21(13-11-20)23-14-15-24(28(33)27(23)32)22-16-25(30)29(34)26(31)17-22/h10-19H,2-9H2,1H3. The molecule has 0 N–H and O–H groups in total. The smallest absolute Gasteiger partial charge is 0.194 e. The van der Waals surface area contributed by atoms with Crippen molar-refractivity contribution in [1.82, 2.24) is 0 Å². The third-order valence-electron chi connectivity index (χ3n) is 7.13. The van der Waals surface area contributed by atoms with Gasteiger partial charge in [-0.3, -0.25) is 0 Å². The lowest BCUT2D eigenvalue weighted by Gasteiger charge is -2.29. The van der Waals surface area contributed by atoms with Crippen LogP contribution in [-0.2, 0) is 0 Å². The predicted molar refractivity (Wildman–Crippen MR) is 126 cm³/mol. The largest absolute Gasteiger partial charge is 0.204 e. The lowest BCUT2D eigenvalue weighted by molar-refractivity contribution is 0.303. The maximum Gasteiger partial charge on any atom is 0.194 e. The molecule has 0 heterocycles. The molecule has 0 aliphatic heterocycles. The Labute approximate surface area is 197 Å². The Morgan fingerprint density at radius 2 is 1.21 bits per heavy atom. The first-order valence-corrected chi connectivity index (χ1v) is 12.1. The van der Waals surface area contributed by atoms with Crippen molar-refractivity contribution in [1.29, 1.82) is 0 Å². The molecular weight excluding hydrogens is 443 g/mol. The molecule has 34 heavy (non-hydrogen) atoms. The van der Waals surface area contributed by atoms with Crippen LogP contribution in [-0.4, -0.2) is 0 Å². The van der Waals surface area contributed by atoms with Crippen molar-refractivity contribution in [2.75, 3.05) is 0 Å². The molecule has 0 unspecified atom stereocenters. The van der Waals surface area contributed by atoms with Crippen molar-refractivity contribution in [3.05, 3.63) is 83.2 Å². The van der Waals surface area contributed by atoms with Crippen molar-refractivity contribution < 1.29 is 22.0 Å². The molecule has 5 heteroatoms. The summed E-state index contributed by atoms with van der Waals surface area (Å²) in [5.41, 5.74) is 1.21. The highest BCUT2D eigenvalue weighted by atomic mass is 19.2. The first kappa shape index (κ1) is 24.4. The van der Waals surface area contributed by atoms with Crippen molar-refractivity contribution in [2.24, 2.45) is 5.92 Å². The van der Waals surface area contributed by atoms with Crippen LogP contribution in [0.3, 0.4) is 0 Å². The quantitative estimate of drug-likeness (QED) is 0.182. The van der Waals surface area contributed by atoms with Gasteiger partial charge in [-0.05, 0) is 66.3 Å². The number of benzene rings is 3. The number of unbranched alkanes of at least 4 members (excludes halogenated alkanes) is 2. The van der Waals surface area contributed by atoms with Crippen LogP contribution in [0.25, 0.3) is 22.3 Å². The number of hydrogen-bond acceptors (Lipinski definition) is 0. The molecular formula is C29H29F5. The van der Waals surface area contributed by atoms with E-state index in [1.807, 2.05) is 12.1 Å². The summed E-state index contributed by atoms with van der Waals surface area (Å²) in [4.78, 5) is 0. The van der Waals surface area contributed by atoms with Gasteiger partial charge in [0.15, 0.2) is 29.1 Å². The van der Waals surface area contributed by atoms with Crippen LogP contribution in [0.4, 0.5) is 22.0 Å². The fourth-order valence-electron chi connectivity index (χ4n) is 5.11. The fourth-order valence-corrected chi connectivity index (χ4v) is 5.11. The Hall–Kier alpha value is -2.69. The van der Waals surface area contributed by atoms with Gasteiger partial charge >= 0.3 is 0 Å². The molecule has 1 aliphatic rings. The van der Waals surface area contributed by atoms with E-state index in [2.05, 4.69) is 6.92 Å². The summed E-state index contributed by atoms with van der Waals surface area (Å²) in [6, 6.07) is 11.5. The molecule has 180 valence electrons. The predicted octanol–water partition coefficient (Wildman–Crippen LogP) is 9.57. The maximum absolute atomic E-state index is 14.9. The highest BCUT2D eigenvalue weighted by Gasteiger charge is 2.23. The molecule has 1 saturated carbocycles. The lowest BCUT2D eigenvalue weighted by atomic mass is 9.77. The van der Waals surface area contributed by atoms with Gasteiger partial charge in [0.25, 0.3) is 0 Å². The van der Waals surface area contributed by atoms with Crippen LogP contribution in [0.5, 0.6) is 0 Å². The minimum atomic E-state index is -1.65. The van der Waals surface area contributed by atoms with Crippen molar-refractivity contribution in [3.8, 4) is 22.3 Å².